The van der Waals surface area contributed by atoms with Gasteiger partial charge >= 0.3 is 5.97 Å². The Hall–Kier alpha value is -2.95. The van der Waals surface area contributed by atoms with Gasteiger partial charge in [-0.1, -0.05) is 24.3 Å². The smallest absolute Gasteiger partial charge is 0.337 e. The largest absolute Gasteiger partial charge is 0.504 e. The van der Waals surface area contributed by atoms with Gasteiger partial charge in [-0.3, -0.25) is 0 Å². The minimum atomic E-state index is -0.334. The Balaban J connectivity index is 1.77. The van der Waals surface area contributed by atoms with Crippen molar-refractivity contribution in [2.24, 2.45) is 5.92 Å². The summed E-state index contributed by atoms with van der Waals surface area (Å²) in [4.78, 5) is 11.9. The second kappa shape index (κ2) is 6.41. The van der Waals surface area contributed by atoms with E-state index in [4.69, 9.17) is 9.47 Å². The van der Waals surface area contributed by atoms with Gasteiger partial charge < -0.3 is 19.9 Å². The minimum Gasteiger partial charge on any atom is -0.504 e. The van der Waals surface area contributed by atoms with Gasteiger partial charge in [0.2, 0.25) is 0 Å². The molecule has 0 bridgehead atoms. The molecule has 2 aliphatic rings. The molecule has 0 spiro atoms. The third-order valence-electron chi connectivity index (χ3n) is 5.37. The van der Waals surface area contributed by atoms with Gasteiger partial charge in [-0.2, -0.15) is 0 Å². The summed E-state index contributed by atoms with van der Waals surface area (Å²) >= 11 is 0. The Kier molecular flexibility index (Phi) is 4.07. The molecule has 0 fully saturated rings. The maximum Gasteiger partial charge on any atom is 0.337 e. The van der Waals surface area contributed by atoms with Crippen LogP contribution in [0.3, 0.4) is 0 Å². The molecule has 2 N–H and O–H groups in total. The molecule has 3 atom stereocenters. The van der Waals surface area contributed by atoms with Gasteiger partial charge in [-0.15, -0.1) is 0 Å². The molecule has 5 nitrogen and oxygen atoms in total. The summed E-state index contributed by atoms with van der Waals surface area (Å²) in [6.07, 6.45) is 5.26. The van der Waals surface area contributed by atoms with Crippen molar-refractivity contribution in [2.45, 2.75) is 18.4 Å². The van der Waals surface area contributed by atoms with Crippen LogP contribution >= 0.6 is 0 Å². The van der Waals surface area contributed by atoms with Crippen LogP contribution in [-0.2, 0) is 4.74 Å². The van der Waals surface area contributed by atoms with Crippen LogP contribution in [0.25, 0.3) is 0 Å². The molecule has 5 heteroatoms. The third-order valence-corrected chi connectivity index (χ3v) is 5.37. The van der Waals surface area contributed by atoms with Crippen molar-refractivity contribution in [3.63, 3.8) is 0 Å². The molecule has 0 radical (unpaired) electrons. The zero-order valence-electron chi connectivity index (χ0n) is 14.7. The van der Waals surface area contributed by atoms with Crippen molar-refractivity contribution in [3.8, 4) is 11.5 Å². The number of phenols is 1. The van der Waals surface area contributed by atoms with E-state index in [1.165, 1.54) is 7.11 Å². The number of carbonyl (C=O) groups excluding carboxylic acids is 1. The zero-order chi connectivity index (χ0) is 18.3. The lowest BCUT2D eigenvalue weighted by Gasteiger charge is -2.38. The Bertz CT molecular complexity index is 890. The van der Waals surface area contributed by atoms with Crippen molar-refractivity contribution in [1.29, 1.82) is 0 Å². The van der Waals surface area contributed by atoms with Gasteiger partial charge in [0, 0.05) is 17.2 Å². The first-order valence-corrected chi connectivity index (χ1v) is 8.65. The first-order chi connectivity index (χ1) is 12.6. The number of aromatic hydroxyl groups is 1. The number of esters is 1. The molecule has 3 unspecified atom stereocenters. The highest BCUT2D eigenvalue weighted by atomic mass is 16.5. The van der Waals surface area contributed by atoms with E-state index in [2.05, 4.69) is 17.5 Å². The van der Waals surface area contributed by atoms with E-state index in [-0.39, 0.29) is 29.6 Å². The molecule has 26 heavy (non-hydrogen) atoms. The van der Waals surface area contributed by atoms with Gasteiger partial charge in [0.05, 0.1) is 25.8 Å². The minimum absolute atomic E-state index is 0.0402. The molecule has 1 aliphatic heterocycles. The quantitative estimate of drug-likeness (QED) is 0.646. The molecular weight excluding hydrogens is 330 g/mol. The van der Waals surface area contributed by atoms with E-state index in [1.54, 1.807) is 19.2 Å². The number of hydrogen-bond donors (Lipinski definition) is 2. The number of benzene rings is 2. The Morgan fingerprint density at radius 2 is 2.04 bits per heavy atom. The summed E-state index contributed by atoms with van der Waals surface area (Å²) in [5.41, 5.74) is 3.43. The van der Waals surface area contributed by atoms with E-state index in [9.17, 15) is 9.90 Å². The van der Waals surface area contributed by atoms with Crippen molar-refractivity contribution in [2.75, 3.05) is 19.5 Å². The number of para-hydroxylation sites is 1. The number of anilines is 1. The number of nitrogens with one attached hydrogen (secondary N) is 1. The van der Waals surface area contributed by atoms with Gasteiger partial charge in [0.1, 0.15) is 0 Å². The Morgan fingerprint density at radius 1 is 1.19 bits per heavy atom. The van der Waals surface area contributed by atoms with Gasteiger partial charge in [0.15, 0.2) is 11.5 Å². The molecule has 0 aromatic heterocycles. The number of fused-ring (bicyclic) bond motifs is 3. The van der Waals surface area contributed by atoms with Crippen molar-refractivity contribution in [1.82, 2.24) is 0 Å². The summed E-state index contributed by atoms with van der Waals surface area (Å²) in [6.45, 7) is 0. The second-order valence-corrected chi connectivity index (χ2v) is 6.67. The molecule has 0 amide bonds. The lowest BCUT2D eigenvalue weighted by atomic mass is 9.76. The van der Waals surface area contributed by atoms with E-state index in [0.717, 1.165) is 23.2 Å². The highest BCUT2D eigenvalue weighted by Crippen LogP contribution is 2.52. The molecule has 2 aromatic rings. The highest BCUT2D eigenvalue weighted by molar-refractivity contribution is 5.90. The van der Waals surface area contributed by atoms with E-state index in [0.29, 0.717) is 11.3 Å². The van der Waals surface area contributed by atoms with E-state index >= 15 is 0 Å². The first-order valence-electron chi connectivity index (χ1n) is 8.65. The second-order valence-electron chi connectivity index (χ2n) is 6.67. The van der Waals surface area contributed by atoms with Crippen LogP contribution in [0.1, 0.15) is 39.9 Å². The fourth-order valence-corrected chi connectivity index (χ4v) is 4.10. The molecule has 2 aromatic carbocycles. The van der Waals surface area contributed by atoms with Crippen molar-refractivity contribution >= 4 is 11.7 Å². The van der Waals surface area contributed by atoms with Crippen LogP contribution < -0.4 is 10.1 Å². The molecule has 4 rings (SSSR count). The molecule has 1 heterocycles. The van der Waals surface area contributed by atoms with E-state index in [1.807, 2.05) is 24.3 Å². The number of carbonyl (C=O) groups is 1. The topological polar surface area (TPSA) is 67.8 Å². The SMILES string of the molecule is COC(=O)c1ccc2c(c1)C1C=CCC1C(c1cccc(OC)c1O)N2. The van der Waals surface area contributed by atoms with Crippen LogP contribution in [0.15, 0.2) is 48.6 Å². The summed E-state index contributed by atoms with van der Waals surface area (Å²) < 4.78 is 10.1. The van der Waals surface area contributed by atoms with Crippen molar-refractivity contribution < 1.29 is 19.4 Å². The van der Waals surface area contributed by atoms with Crippen LogP contribution in [-0.4, -0.2) is 25.3 Å². The summed E-state index contributed by atoms with van der Waals surface area (Å²) in [6, 6.07) is 11.1. The first kappa shape index (κ1) is 16.5. The monoisotopic (exact) mass is 351 g/mol. The molecule has 0 saturated carbocycles. The van der Waals surface area contributed by atoms with Gasteiger partial charge in [-0.05, 0) is 42.2 Å². The van der Waals surface area contributed by atoms with Crippen LogP contribution in [0.4, 0.5) is 5.69 Å². The number of ether oxygens (including phenoxy) is 2. The predicted molar refractivity (Wildman–Crippen MR) is 98.8 cm³/mol. The van der Waals surface area contributed by atoms with Gasteiger partial charge in [-0.25, -0.2) is 4.79 Å². The van der Waals surface area contributed by atoms with Crippen LogP contribution in [0.5, 0.6) is 11.5 Å². The average Bonchev–Trinajstić information content (AvgIpc) is 3.17. The summed E-state index contributed by atoms with van der Waals surface area (Å²) in [5.74, 6) is 0.755. The normalized spacial score (nSPS) is 22.9. The number of phenolic OH excluding ortho intramolecular Hbond substituents is 1. The van der Waals surface area contributed by atoms with Crippen molar-refractivity contribution in [3.05, 3.63) is 65.2 Å². The number of hydrogen-bond acceptors (Lipinski definition) is 5. The fourth-order valence-electron chi connectivity index (χ4n) is 4.10. The fraction of sp³-hybridized carbons (Fsp3) is 0.286. The Labute approximate surface area is 152 Å². The van der Waals surface area contributed by atoms with E-state index < -0.39 is 0 Å². The number of methoxy groups -OCH3 is 2. The summed E-state index contributed by atoms with van der Waals surface area (Å²) in [5, 5.41) is 14.2. The number of rotatable bonds is 3. The standard InChI is InChI=1S/C21H21NO4/c1-25-18-8-4-7-15(20(18)23)19-14-6-3-5-13(14)16-11-12(21(24)26-2)9-10-17(16)22-19/h3-5,7-11,13-14,19,22-23H,6H2,1-2H3. The third kappa shape index (κ3) is 2.51. The molecular formula is C21H21NO4. The predicted octanol–water partition coefficient (Wildman–Crippen LogP) is 4.01. The average molecular weight is 351 g/mol. The summed E-state index contributed by atoms with van der Waals surface area (Å²) in [7, 11) is 2.94. The Morgan fingerprint density at radius 3 is 2.81 bits per heavy atom. The zero-order valence-corrected chi connectivity index (χ0v) is 14.7. The maximum absolute atomic E-state index is 11.9. The maximum atomic E-state index is 11.9. The van der Waals surface area contributed by atoms with Crippen LogP contribution in [0, 0.1) is 5.92 Å². The molecule has 1 aliphatic carbocycles. The lowest BCUT2D eigenvalue weighted by Crippen LogP contribution is -2.29. The van der Waals surface area contributed by atoms with Gasteiger partial charge in [0.25, 0.3) is 0 Å². The molecule has 134 valence electrons. The highest BCUT2D eigenvalue weighted by Gasteiger charge is 2.39. The van der Waals surface area contributed by atoms with Crippen LogP contribution in [0.2, 0.25) is 0 Å². The lowest BCUT2D eigenvalue weighted by molar-refractivity contribution is 0.0600. The molecule has 0 saturated heterocycles. The number of allylic oxidation sites excluding steroid dienone is 2.